The molecule has 156 valence electrons. The first kappa shape index (κ1) is 20.4. The Hall–Kier alpha value is -3.86. The predicted octanol–water partition coefficient (Wildman–Crippen LogP) is 5.55. The highest BCUT2D eigenvalue weighted by Gasteiger charge is 2.12. The van der Waals surface area contributed by atoms with Crippen LogP contribution in [0.3, 0.4) is 0 Å². The highest BCUT2D eigenvalue weighted by atomic mass is 16.5. The van der Waals surface area contributed by atoms with Gasteiger partial charge in [-0.2, -0.15) is 5.10 Å². The molecule has 0 saturated heterocycles. The number of rotatable bonds is 6. The summed E-state index contributed by atoms with van der Waals surface area (Å²) in [6, 6.07) is 23.5. The van der Waals surface area contributed by atoms with Crippen LogP contribution < -0.4 is 14.9 Å². The van der Waals surface area contributed by atoms with Crippen LogP contribution in [0.25, 0.3) is 21.5 Å². The van der Waals surface area contributed by atoms with Crippen LogP contribution in [-0.2, 0) is 0 Å². The van der Waals surface area contributed by atoms with Crippen LogP contribution in [0.4, 0.5) is 0 Å². The van der Waals surface area contributed by atoms with Crippen molar-refractivity contribution in [2.75, 3.05) is 7.11 Å². The molecule has 0 radical (unpaired) electrons. The molecule has 0 aliphatic rings. The Bertz CT molecular complexity index is 1220. The summed E-state index contributed by atoms with van der Waals surface area (Å²) < 4.78 is 11.1. The predicted molar refractivity (Wildman–Crippen MR) is 125 cm³/mol. The van der Waals surface area contributed by atoms with Gasteiger partial charge in [0, 0.05) is 11.1 Å². The lowest BCUT2D eigenvalue weighted by atomic mass is 9.97. The first-order valence-corrected chi connectivity index (χ1v) is 10.2. The SMILES string of the molecule is COc1cc(C(=O)N/N=C/c2c3ccccc3cc3ccccc23)ccc1OC(C)C. The summed E-state index contributed by atoms with van der Waals surface area (Å²) in [5.74, 6) is 0.778. The maximum absolute atomic E-state index is 12.6. The number of hydrazone groups is 1. The summed E-state index contributed by atoms with van der Waals surface area (Å²) in [5, 5.41) is 8.66. The van der Waals surface area contributed by atoms with Crippen LogP contribution >= 0.6 is 0 Å². The van der Waals surface area contributed by atoms with Crippen molar-refractivity contribution in [1.29, 1.82) is 0 Å². The molecule has 0 aromatic heterocycles. The van der Waals surface area contributed by atoms with Crippen LogP contribution in [0.5, 0.6) is 11.5 Å². The van der Waals surface area contributed by atoms with Gasteiger partial charge in [-0.25, -0.2) is 5.43 Å². The van der Waals surface area contributed by atoms with Gasteiger partial charge in [-0.05, 0) is 59.7 Å². The van der Waals surface area contributed by atoms with Crippen molar-refractivity contribution >= 4 is 33.7 Å². The maximum Gasteiger partial charge on any atom is 0.271 e. The summed E-state index contributed by atoms with van der Waals surface area (Å²) in [5.41, 5.74) is 4.03. The fraction of sp³-hybridized carbons (Fsp3) is 0.154. The summed E-state index contributed by atoms with van der Waals surface area (Å²) >= 11 is 0. The molecular formula is C26H24N2O3. The monoisotopic (exact) mass is 412 g/mol. The van der Waals surface area contributed by atoms with Crippen molar-refractivity contribution in [2.45, 2.75) is 20.0 Å². The van der Waals surface area contributed by atoms with E-state index < -0.39 is 0 Å². The highest BCUT2D eigenvalue weighted by Crippen LogP contribution is 2.29. The molecular weight excluding hydrogens is 388 g/mol. The average molecular weight is 412 g/mol. The number of nitrogens with one attached hydrogen (secondary N) is 1. The number of fused-ring (bicyclic) bond motifs is 2. The number of carbonyl (C=O) groups is 1. The van der Waals surface area contributed by atoms with Gasteiger partial charge >= 0.3 is 0 Å². The fourth-order valence-electron chi connectivity index (χ4n) is 3.57. The lowest BCUT2D eigenvalue weighted by molar-refractivity contribution is 0.0954. The molecule has 0 saturated carbocycles. The van der Waals surface area contributed by atoms with E-state index in [4.69, 9.17) is 9.47 Å². The van der Waals surface area contributed by atoms with Crippen molar-refractivity contribution < 1.29 is 14.3 Å². The Labute approximate surface area is 181 Å². The Morgan fingerprint density at radius 3 is 2.16 bits per heavy atom. The molecule has 5 heteroatoms. The second-order valence-corrected chi connectivity index (χ2v) is 7.46. The second-order valence-electron chi connectivity index (χ2n) is 7.46. The van der Waals surface area contributed by atoms with Crippen molar-refractivity contribution in [1.82, 2.24) is 5.43 Å². The van der Waals surface area contributed by atoms with E-state index in [0.29, 0.717) is 17.1 Å². The number of carbonyl (C=O) groups excluding carboxylic acids is 1. The topological polar surface area (TPSA) is 59.9 Å². The zero-order chi connectivity index (χ0) is 21.8. The first-order valence-electron chi connectivity index (χ1n) is 10.2. The number of amides is 1. The van der Waals surface area contributed by atoms with Crippen LogP contribution in [0, 0.1) is 0 Å². The number of nitrogens with zero attached hydrogens (tertiary/aromatic N) is 1. The van der Waals surface area contributed by atoms with E-state index in [-0.39, 0.29) is 12.0 Å². The van der Waals surface area contributed by atoms with Crippen LogP contribution in [0.1, 0.15) is 29.8 Å². The summed E-state index contributed by atoms with van der Waals surface area (Å²) in [6.45, 7) is 3.87. The molecule has 0 atom stereocenters. The summed E-state index contributed by atoms with van der Waals surface area (Å²) in [6.07, 6.45) is 1.71. The van der Waals surface area contributed by atoms with Gasteiger partial charge in [0.15, 0.2) is 11.5 Å². The van der Waals surface area contributed by atoms with E-state index in [1.807, 2.05) is 38.1 Å². The van der Waals surface area contributed by atoms with E-state index in [1.54, 1.807) is 31.5 Å². The van der Waals surface area contributed by atoms with E-state index in [0.717, 1.165) is 27.1 Å². The van der Waals surface area contributed by atoms with Crippen molar-refractivity contribution in [3.05, 3.63) is 83.9 Å². The van der Waals surface area contributed by atoms with E-state index >= 15 is 0 Å². The molecule has 0 fully saturated rings. The Morgan fingerprint density at radius 1 is 0.903 bits per heavy atom. The van der Waals surface area contributed by atoms with Crippen molar-refractivity contribution in [3.8, 4) is 11.5 Å². The van der Waals surface area contributed by atoms with Gasteiger partial charge in [-0.3, -0.25) is 4.79 Å². The zero-order valence-corrected chi connectivity index (χ0v) is 17.8. The number of hydrogen-bond donors (Lipinski definition) is 1. The van der Waals surface area contributed by atoms with Crippen molar-refractivity contribution in [3.63, 3.8) is 0 Å². The summed E-state index contributed by atoms with van der Waals surface area (Å²) in [7, 11) is 1.55. The molecule has 1 N–H and O–H groups in total. The van der Waals surface area contributed by atoms with Gasteiger partial charge in [0.05, 0.1) is 19.4 Å². The van der Waals surface area contributed by atoms with Crippen LogP contribution in [0.15, 0.2) is 77.9 Å². The molecule has 1 amide bonds. The van der Waals surface area contributed by atoms with Gasteiger partial charge in [-0.15, -0.1) is 0 Å². The lowest BCUT2D eigenvalue weighted by Gasteiger charge is -2.14. The Morgan fingerprint density at radius 2 is 1.55 bits per heavy atom. The minimum absolute atomic E-state index is 0.00805. The van der Waals surface area contributed by atoms with E-state index in [1.165, 1.54) is 0 Å². The number of hydrogen-bond acceptors (Lipinski definition) is 4. The van der Waals surface area contributed by atoms with Crippen molar-refractivity contribution in [2.24, 2.45) is 5.10 Å². The fourth-order valence-corrected chi connectivity index (χ4v) is 3.57. The zero-order valence-electron chi connectivity index (χ0n) is 17.8. The molecule has 31 heavy (non-hydrogen) atoms. The molecule has 4 aromatic rings. The maximum atomic E-state index is 12.6. The van der Waals surface area contributed by atoms with Gasteiger partial charge in [-0.1, -0.05) is 48.5 Å². The van der Waals surface area contributed by atoms with Gasteiger partial charge in [0.2, 0.25) is 0 Å². The standard InChI is InChI=1S/C26H24N2O3/c1-17(2)31-24-13-12-20(15-25(24)30-3)26(29)28-27-16-23-21-10-6-4-8-18(21)14-19-9-5-7-11-22(19)23/h4-17H,1-3H3,(H,28,29)/b27-16+. The number of benzene rings is 4. The number of methoxy groups -OCH3 is 1. The Balaban J connectivity index is 1.61. The first-order chi connectivity index (χ1) is 15.1. The van der Waals surface area contributed by atoms with Gasteiger partial charge < -0.3 is 9.47 Å². The van der Waals surface area contributed by atoms with E-state index in [2.05, 4.69) is 40.9 Å². The van der Waals surface area contributed by atoms with Crippen LogP contribution in [-0.4, -0.2) is 25.3 Å². The summed E-state index contributed by atoms with van der Waals surface area (Å²) in [4.78, 5) is 12.6. The quantitative estimate of drug-likeness (QED) is 0.256. The highest BCUT2D eigenvalue weighted by molar-refractivity contribution is 6.13. The Kier molecular flexibility index (Phi) is 5.85. The molecule has 0 aliphatic heterocycles. The largest absolute Gasteiger partial charge is 0.493 e. The third-order valence-electron chi connectivity index (χ3n) is 4.96. The lowest BCUT2D eigenvalue weighted by Crippen LogP contribution is -2.18. The molecule has 4 rings (SSSR count). The molecule has 0 unspecified atom stereocenters. The minimum Gasteiger partial charge on any atom is -0.493 e. The average Bonchev–Trinajstić information content (AvgIpc) is 2.78. The van der Waals surface area contributed by atoms with Crippen LogP contribution in [0.2, 0.25) is 0 Å². The molecule has 0 bridgehead atoms. The second kappa shape index (κ2) is 8.88. The smallest absolute Gasteiger partial charge is 0.271 e. The molecule has 0 heterocycles. The third kappa shape index (κ3) is 4.36. The third-order valence-corrected chi connectivity index (χ3v) is 4.96. The number of ether oxygens (including phenoxy) is 2. The molecule has 0 spiro atoms. The minimum atomic E-state index is -0.324. The van der Waals surface area contributed by atoms with E-state index in [9.17, 15) is 4.79 Å². The van der Waals surface area contributed by atoms with Gasteiger partial charge in [0.25, 0.3) is 5.91 Å². The molecule has 0 aliphatic carbocycles. The molecule has 4 aromatic carbocycles. The van der Waals surface area contributed by atoms with Gasteiger partial charge in [0.1, 0.15) is 0 Å². The molecule has 5 nitrogen and oxygen atoms in total. The normalized spacial score (nSPS) is 11.4.